The first-order valence-corrected chi connectivity index (χ1v) is 6.57. The number of carboxylic acids is 1. The summed E-state index contributed by atoms with van der Waals surface area (Å²) in [6.07, 6.45) is 3.28. The van der Waals surface area contributed by atoms with Crippen LogP contribution in [0, 0.1) is 0 Å². The summed E-state index contributed by atoms with van der Waals surface area (Å²) in [5, 5.41) is 13.3. The molecule has 0 fully saturated rings. The molecule has 0 saturated heterocycles. The molecular weight excluding hydrogens is 288 g/mol. The van der Waals surface area contributed by atoms with Crippen molar-refractivity contribution in [2.75, 3.05) is 5.43 Å². The zero-order chi connectivity index (χ0) is 15.1. The maximum Gasteiger partial charge on any atom is 0.335 e. The van der Waals surface area contributed by atoms with Crippen molar-refractivity contribution in [2.24, 2.45) is 5.10 Å². The summed E-state index contributed by atoms with van der Waals surface area (Å²) in [6, 6.07) is 15.9. The second kappa shape index (κ2) is 7.26. The van der Waals surface area contributed by atoms with E-state index in [2.05, 4.69) is 10.5 Å². The second-order valence-electron chi connectivity index (χ2n) is 4.19. The molecule has 0 aromatic heterocycles. The fraction of sp³-hybridized carbons (Fsp3) is 0. The summed E-state index contributed by atoms with van der Waals surface area (Å²) < 4.78 is 0. The molecule has 0 amide bonds. The number of hydrogen-bond donors (Lipinski definition) is 2. The van der Waals surface area contributed by atoms with Gasteiger partial charge < -0.3 is 5.11 Å². The number of allylic oxidation sites excluding steroid dienone is 1. The lowest BCUT2D eigenvalue weighted by Gasteiger charge is -2.00. The SMILES string of the molecule is O=C(O)c1ccc(NN=CC(Cl)=Cc2ccccc2)cc1. The quantitative estimate of drug-likeness (QED) is 0.646. The zero-order valence-corrected chi connectivity index (χ0v) is 11.8. The number of aromatic carboxylic acids is 1. The molecule has 5 heteroatoms. The van der Waals surface area contributed by atoms with E-state index in [1.54, 1.807) is 18.2 Å². The van der Waals surface area contributed by atoms with Gasteiger partial charge in [0, 0.05) is 0 Å². The molecule has 0 unspecified atom stereocenters. The van der Waals surface area contributed by atoms with Crippen LogP contribution in [0.1, 0.15) is 15.9 Å². The molecule has 2 N–H and O–H groups in total. The molecule has 2 aromatic rings. The highest BCUT2D eigenvalue weighted by Crippen LogP contribution is 2.11. The first-order valence-electron chi connectivity index (χ1n) is 6.20. The standard InChI is InChI=1S/C16H13ClN2O2/c17-14(10-12-4-2-1-3-5-12)11-18-19-15-8-6-13(7-9-15)16(20)21/h1-11,19H,(H,20,21). The highest BCUT2D eigenvalue weighted by Gasteiger charge is 2.00. The Bertz CT molecular complexity index is 664. The van der Waals surface area contributed by atoms with Crippen molar-refractivity contribution < 1.29 is 9.90 Å². The Morgan fingerprint density at radius 3 is 2.38 bits per heavy atom. The minimum atomic E-state index is -0.959. The minimum absolute atomic E-state index is 0.228. The molecule has 4 nitrogen and oxygen atoms in total. The van der Waals surface area contributed by atoms with Crippen LogP contribution in [0.15, 0.2) is 64.7 Å². The molecule has 0 saturated carbocycles. The van der Waals surface area contributed by atoms with Crippen LogP contribution in [-0.4, -0.2) is 17.3 Å². The number of carboxylic acid groups (broad SMARTS) is 1. The van der Waals surface area contributed by atoms with E-state index in [1.165, 1.54) is 18.3 Å². The average molecular weight is 301 g/mol. The van der Waals surface area contributed by atoms with E-state index in [-0.39, 0.29) is 5.56 Å². The lowest BCUT2D eigenvalue weighted by atomic mass is 10.2. The summed E-state index contributed by atoms with van der Waals surface area (Å²) in [4.78, 5) is 10.7. The van der Waals surface area contributed by atoms with Crippen molar-refractivity contribution >= 4 is 35.5 Å². The number of nitrogens with zero attached hydrogens (tertiary/aromatic N) is 1. The first kappa shape index (κ1) is 14.8. The molecule has 21 heavy (non-hydrogen) atoms. The van der Waals surface area contributed by atoms with Crippen LogP contribution in [0.2, 0.25) is 0 Å². The molecule has 106 valence electrons. The van der Waals surface area contributed by atoms with Crippen LogP contribution in [0.5, 0.6) is 0 Å². The van der Waals surface area contributed by atoms with Gasteiger partial charge in [-0.3, -0.25) is 5.43 Å². The lowest BCUT2D eigenvalue weighted by Crippen LogP contribution is -1.96. The number of halogens is 1. The number of nitrogens with one attached hydrogen (secondary N) is 1. The Hall–Kier alpha value is -2.59. The van der Waals surface area contributed by atoms with Gasteiger partial charge in [0.15, 0.2) is 0 Å². The van der Waals surface area contributed by atoms with Crippen molar-refractivity contribution in [1.82, 2.24) is 0 Å². The van der Waals surface area contributed by atoms with E-state index in [4.69, 9.17) is 16.7 Å². The van der Waals surface area contributed by atoms with Gasteiger partial charge in [-0.2, -0.15) is 5.10 Å². The summed E-state index contributed by atoms with van der Waals surface area (Å²) in [5.74, 6) is -0.959. The van der Waals surface area contributed by atoms with Gasteiger partial charge >= 0.3 is 5.97 Å². The van der Waals surface area contributed by atoms with E-state index in [1.807, 2.05) is 30.3 Å². The maximum absolute atomic E-state index is 10.7. The van der Waals surface area contributed by atoms with Crippen molar-refractivity contribution in [2.45, 2.75) is 0 Å². The third-order valence-corrected chi connectivity index (χ3v) is 2.82. The average Bonchev–Trinajstić information content (AvgIpc) is 2.49. The Kier molecular flexibility index (Phi) is 5.12. The molecule has 2 aromatic carbocycles. The van der Waals surface area contributed by atoms with E-state index in [0.717, 1.165) is 5.56 Å². The number of hydrogen-bond acceptors (Lipinski definition) is 3. The topological polar surface area (TPSA) is 61.7 Å². The van der Waals surface area contributed by atoms with Gasteiger partial charge in [0.2, 0.25) is 0 Å². The van der Waals surface area contributed by atoms with Gasteiger partial charge in [0.25, 0.3) is 0 Å². The van der Waals surface area contributed by atoms with E-state index < -0.39 is 5.97 Å². The molecule has 0 aliphatic rings. The minimum Gasteiger partial charge on any atom is -0.478 e. The molecular formula is C16H13ClN2O2. The van der Waals surface area contributed by atoms with Gasteiger partial charge in [0.1, 0.15) is 0 Å². The van der Waals surface area contributed by atoms with Gasteiger partial charge in [-0.1, -0.05) is 41.9 Å². The Balaban J connectivity index is 1.95. The predicted molar refractivity (Wildman–Crippen MR) is 85.8 cm³/mol. The molecule has 0 aliphatic heterocycles. The maximum atomic E-state index is 10.7. The third kappa shape index (κ3) is 4.78. The molecule has 0 heterocycles. The van der Waals surface area contributed by atoms with E-state index in [0.29, 0.717) is 10.7 Å². The van der Waals surface area contributed by atoms with Crippen LogP contribution in [0.4, 0.5) is 5.69 Å². The van der Waals surface area contributed by atoms with Crippen LogP contribution in [-0.2, 0) is 0 Å². The van der Waals surface area contributed by atoms with Crippen molar-refractivity contribution in [3.63, 3.8) is 0 Å². The van der Waals surface area contributed by atoms with Crippen molar-refractivity contribution in [3.05, 3.63) is 70.8 Å². The Morgan fingerprint density at radius 1 is 1.10 bits per heavy atom. The molecule has 2 rings (SSSR count). The van der Waals surface area contributed by atoms with Gasteiger partial charge in [-0.05, 0) is 35.9 Å². The van der Waals surface area contributed by atoms with Crippen molar-refractivity contribution in [1.29, 1.82) is 0 Å². The van der Waals surface area contributed by atoms with Crippen LogP contribution in [0.25, 0.3) is 6.08 Å². The third-order valence-electron chi connectivity index (χ3n) is 2.62. The highest BCUT2D eigenvalue weighted by molar-refractivity contribution is 6.41. The fourth-order valence-electron chi connectivity index (χ4n) is 1.60. The predicted octanol–water partition coefficient (Wildman–Crippen LogP) is 4.06. The number of carbonyl (C=O) groups is 1. The molecule has 0 atom stereocenters. The van der Waals surface area contributed by atoms with Crippen molar-refractivity contribution in [3.8, 4) is 0 Å². The number of hydrazone groups is 1. The monoisotopic (exact) mass is 300 g/mol. The molecule has 0 bridgehead atoms. The van der Waals surface area contributed by atoms with E-state index >= 15 is 0 Å². The Labute approximate surface area is 127 Å². The summed E-state index contributed by atoms with van der Waals surface area (Å²) >= 11 is 6.04. The number of rotatable bonds is 5. The highest BCUT2D eigenvalue weighted by atomic mass is 35.5. The first-order chi connectivity index (χ1) is 10.1. The Morgan fingerprint density at radius 2 is 1.76 bits per heavy atom. The summed E-state index contributed by atoms with van der Waals surface area (Å²) in [6.45, 7) is 0. The van der Waals surface area contributed by atoms with Crippen LogP contribution < -0.4 is 5.43 Å². The fourth-order valence-corrected chi connectivity index (χ4v) is 1.78. The van der Waals surface area contributed by atoms with Gasteiger partial charge in [-0.25, -0.2) is 4.79 Å². The summed E-state index contributed by atoms with van der Waals surface area (Å²) in [5.41, 5.74) is 4.67. The number of benzene rings is 2. The molecule has 0 spiro atoms. The van der Waals surface area contributed by atoms with E-state index in [9.17, 15) is 4.79 Å². The van der Waals surface area contributed by atoms with Gasteiger partial charge in [-0.15, -0.1) is 0 Å². The van der Waals surface area contributed by atoms with Gasteiger partial charge in [0.05, 0.1) is 22.5 Å². The second-order valence-corrected chi connectivity index (χ2v) is 4.63. The summed E-state index contributed by atoms with van der Waals surface area (Å²) in [7, 11) is 0. The zero-order valence-electron chi connectivity index (χ0n) is 11.0. The van der Waals surface area contributed by atoms with Crippen LogP contribution >= 0.6 is 11.6 Å². The smallest absolute Gasteiger partial charge is 0.335 e. The largest absolute Gasteiger partial charge is 0.478 e. The molecule has 0 radical (unpaired) electrons. The lowest BCUT2D eigenvalue weighted by molar-refractivity contribution is 0.0697. The normalized spacial score (nSPS) is 11.6. The van der Waals surface area contributed by atoms with Crippen LogP contribution in [0.3, 0.4) is 0 Å². The number of anilines is 1. The molecule has 0 aliphatic carbocycles.